The van der Waals surface area contributed by atoms with E-state index in [0.717, 1.165) is 22.3 Å². The van der Waals surface area contributed by atoms with Gasteiger partial charge in [-0.15, -0.1) is 10.2 Å². The highest BCUT2D eigenvalue weighted by Crippen LogP contribution is 2.22. The maximum Gasteiger partial charge on any atom is 0.217 e. The lowest BCUT2D eigenvalue weighted by molar-refractivity contribution is -0.119. The number of pyridine rings is 1. The molecule has 0 aliphatic heterocycles. The van der Waals surface area contributed by atoms with Gasteiger partial charge in [0.2, 0.25) is 5.91 Å². The Bertz CT molecular complexity index is 820. The van der Waals surface area contributed by atoms with E-state index in [2.05, 4.69) is 37.2 Å². The Morgan fingerprint density at radius 1 is 1.08 bits per heavy atom. The fourth-order valence-electron chi connectivity index (χ4n) is 2.31. The summed E-state index contributed by atoms with van der Waals surface area (Å²) in [5, 5.41) is 12.2. The minimum atomic E-state index is -0.0831. The summed E-state index contributed by atoms with van der Waals surface area (Å²) < 4.78 is 2.05. The largest absolute Gasteiger partial charge is 0.349 e. The van der Waals surface area contributed by atoms with Gasteiger partial charge >= 0.3 is 0 Å². The Morgan fingerprint density at radius 2 is 1.84 bits per heavy atom. The summed E-state index contributed by atoms with van der Waals surface area (Å²) in [6, 6.07) is 14.1. The van der Waals surface area contributed by atoms with Gasteiger partial charge in [-0.3, -0.25) is 9.78 Å². The van der Waals surface area contributed by atoms with Crippen molar-refractivity contribution in [1.29, 1.82) is 0 Å². The van der Waals surface area contributed by atoms with Crippen LogP contribution in [0.5, 0.6) is 0 Å². The number of hydrogen-bond donors (Lipinski definition) is 1. The molecule has 0 bridgehead atoms. The number of thioether (sulfide) groups is 1. The van der Waals surface area contributed by atoms with Crippen LogP contribution in [0.2, 0.25) is 0 Å². The zero-order valence-electron chi connectivity index (χ0n) is 13.9. The van der Waals surface area contributed by atoms with Crippen molar-refractivity contribution in [3.63, 3.8) is 0 Å². The molecule has 1 aromatic carbocycles. The first kappa shape index (κ1) is 17.2. The zero-order chi connectivity index (χ0) is 17.5. The van der Waals surface area contributed by atoms with Crippen molar-refractivity contribution in [1.82, 2.24) is 25.1 Å². The van der Waals surface area contributed by atoms with Crippen LogP contribution >= 0.6 is 11.8 Å². The molecule has 3 aromatic rings. The summed E-state index contributed by atoms with van der Waals surface area (Å²) >= 11 is 1.62. The first-order chi connectivity index (χ1) is 12.2. The molecule has 6 nitrogen and oxygen atoms in total. The number of amides is 1. The molecule has 0 aliphatic rings. The molecule has 128 valence electrons. The van der Waals surface area contributed by atoms with Gasteiger partial charge in [0.05, 0.1) is 13.1 Å². The maximum atomic E-state index is 11.2. The Labute approximate surface area is 150 Å². The average Bonchev–Trinajstić information content (AvgIpc) is 3.01. The lowest BCUT2D eigenvalue weighted by Crippen LogP contribution is -2.22. The highest BCUT2D eigenvalue weighted by Gasteiger charge is 2.13. The van der Waals surface area contributed by atoms with Gasteiger partial charge in [0.1, 0.15) is 0 Å². The second-order valence-corrected chi connectivity index (χ2v) is 6.47. The molecule has 1 N–H and O–H groups in total. The smallest absolute Gasteiger partial charge is 0.217 e. The van der Waals surface area contributed by atoms with Crippen molar-refractivity contribution in [3.8, 4) is 0 Å². The molecule has 3 rings (SSSR count). The standard InChI is InChI=1S/C18H19N5OS/c1-14(24)20-11-17-21-22-18(25-13-16-7-9-19-10-8-16)23(17)12-15-5-3-2-4-6-15/h2-10H,11-13H2,1H3,(H,20,24). The SMILES string of the molecule is CC(=O)NCc1nnc(SCc2ccncc2)n1Cc1ccccc1. The van der Waals surface area contributed by atoms with Gasteiger partial charge in [0.15, 0.2) is 11.0 Å². The third-order valence-electron chi connectivity index (χ3n) is 3.59. The lowest BCUT2D eigenvalue weighted by atomic mass is 10.2. The van der Waals surface area contributed by atoms with Crippen LogP contribution in [-0.2, 0) is 23.6 Å². The molecule has 0 saturated heterocycles. The second kappa shape index (κ2) is 8.43. The maximum absolute atomic E-state index is 11.2. The number of aromatic nitrogens is 4. The van der Waals surface area contributed by atoms with Gasteiger partial charge in [-0.05, 0) is 23.3 Å². The highest BCUT2D eigenvalue weighted by atomic mass is 32.2. The second-order valence-electron chi connectivity index (χ2n) is 5.52. The topological polar surface area (TPSA) is 72.7 Å². The van der Waals surface area contributed by atoms with Crippen LogP contribution in [0.4, 0.5) is 0 Å². The quantitative estimate of drug-likeness (QED) is 0.661. The van der Waals surface area contributed by atoms with Crippen LogP contribution < -0.4 is 5.32 Å². The van der Waals surface area contributed by atoms with Crippen LogP contribution in [0.1, 0.15) is 23.9 Å². The van der Waals surface area contributed by atoms with Gasteiger partial charge in [0, 0.05) is 25.1 Å². The lowest BCUT2D eigenvalue weighted by Gasteiger charge is -2.10. The number of rotatable bonds is 7. The van der Waals surface area contributed by atoms with Gasteiger partial charge in [-0.25, -0.2) is 0 Å². The van der Waals surface area contributed by atoms with Crippen molar-refractivity contribution >= 4 is 17.7 Å². The minimum absolute atomic E-state index is 0.0831. The number of benzene rings is 1. The van der Waals surface area contributed by atoms with Crippen LogP contribution in [0.25, 0.3) is 0 Å². The van der Waals surface area contributed by atoms with Crippen molar-refractivity contribution < 1.29 is 4.79 Å². The molecule has 0 radical (unpaired) electrons. The van der Waals surface area contributed by atoms with E-state index < -0.39 is 0 Å². The number of hydrogen-bond acceptors (Lipinski definition) is 5. The third-order valence-corrected chi connectivity index (χ3v) is 4.63. The van der Waals surface area contributed by atoms with E-state index in [4.69, 9.17) is 0 Å². The van der Waals surface area contributed by atoms with E-state index in [9.17, 15) is 4.79 Å². The fraction of sp³-hybridized carbons (Fsp3) is 0.222. The zero-order valence-corrected chi connectivity index (χ0v) is 14.7. The van der Waals surface area contributed by atoms with E-state index in [0.29, 0.717) is 13.1 Å². The summed E-state index contributed by atoms with van der Waals surface area (Å²) in [5.74, 6) is 1.45. The van der Waals surface area contributed by atoms with E-state index >= 15 is 0 Å². The first-order valence-electron chi connectivity index (χ1n) is 7.94. The Kier molecular flexibility index (Phi) is 5.79. The summed E-state index contributed by atoms with van der Waals surface area (Å²) in [6.45, 7) is 2.53. The van der Waals surface area contributed by atoms with Crippen molar-refractivity contribution in [3.05, 3.63) is 71.8 Å². The summed E-state index contributed by atoms with van der Waals surface area (Å²) in [6.07, 6.45) is 3.57. The Morgan fingerprint density at radius 3 is 2.56 bits per heavy atom. The predicted molar refractivity (Wildman–Crippen MR) is 96.9 cm³/mol. The van der Waals surface area contributed by atoms with Crippen LogP contribution in [0.15, 0.2) is 60.0 Å². The molecular formula is C18H19N5OS. The van der Waals surface area contributed by atoms with E-state index in [1.54, 1.807) is 24.2 Å². The summed E-state index contributed by atoms with van der Waals surface area (Å²) in [4.78, 5) is 15.3. The molecule has 0 atom stereocenters. The Hall–Kier alpha value is -2.67. The molecule has 0 saturated carbocycles. The third kappa shape index (κ3) is 4.90. The van der Waals surface area contributed by atoms with Crippen molar-refractivity contribution in [2.75, 3.05) is 0 Å². The van der Waals surface area contributed by atoms with E-state index in [1.807, 2.05) is 30.3 Å². The van der Waals surface area contributed by atoms with Crippen molar-refractivity contribution in [2.45, 2.75) is 30.9 Å². The molecule has 1 amide bonds. The van der Waals surface area contributed by atoms with Crippen LogP contribution in [0, 0.1) is 0 Å². The van der Waals surface area contributed by atoms with Crippen molar-refractivity contribution in [2.24, 2.45) is 0 Å². The molecule has 0 unspecified atom stereocenters. The molecule has 25 heavy (non-hydrogen) atoms. The van der Waals surface area contributed by atoms with Gasteiger partial charge in [-0.2, -0.15) is 0 Å². The molecular weight excluding hydrogens is 334 g/mol. The first-order valence-corrected chi connectivity index (χ1v) is 8.93. The average molecular weight is 353 g/mol. The normalized spacial score (nSPS) is 10.6. The number of nitrogens with one attached hydrogen (secondary N) is 1. The van der Waals surface area contributed by atoms with Gasteiger partial charge < -0.3 is 9.88 Å². The number of carbonyl (C=O) groups excluding carboxylic acids is 1. The summed E-state index contributed by atoms with van der Waals surface area (Å²) in [7, 11) is 0. The summed E-state index contributed by atoms with van der Waals surface area (Å²) in [5.41, 5.74) is 2.34. The molecule has 0 spiro atoms. The van der Waals surface area contributed by atoms with Gasteiger partial charge in [-0.1, -0.05) is 42.1 Å². The number of nitrogens with zero attached hydrogens (tertiary/aromatic N) is 4. The van der Waals surface area contributed by atoms with E-state index in [-0.39, 0.29) is 5.91 Å². The highest BCUT2D eigenvalue weighted by molar-refractivity contribution is 7.98. The van der Waals surface area contributed by atoms with Gasteiger partial charge in [0.25, 0.3) is 0 Å². The van der Waals surface area contributed by atoms with Crippen LogP contribution in [0.3, 0.4) is 0 Å². The monoisotopic (exact) mass is 353 g/mol. The molecule has 2 aromatic heterocycles. The Balaban J connectivity index is 1.79. The predicted octanol–water partition coefficient (Wildman–Crippen LogP) is 2.65. The molecule has 2 heterocycles. The molecule has 0 fully saturated rings. The minimum Gasteiger partial charge on any atom is -0.349 e. The fourth-order valence-corrected chi connectivity index (χ4v) is 3.22. The number of carbonyl (C=O) groups is 1. The molecule has 0 aliphatic carbocycles. The van der Waals surface area contributed by atoms with Crippen LogP contribution in [-0.4, -0.2) is 25.7 Å². The molecule has 7 heteroatoms. The van der Waals surface area contributed by atoms with E-state index in [1.165, 1.54) is 12.5 Å².